The second kappa shape index (κ2) is 7.42. The molecule has 1 fully saturated rings. The molecule has 2 aliphatic rings. The fraction of sp³-hybridized carbons (Fsp3) is 0.333. The molecule has 144 valence electrons. The van der Waals surface area contributed by atoms with Crippen molar-refractivity contribution in [1.82, 2.24) is 9.80 Å². The van der Waals surface area contributed by atoms with Gasteiger partial charge in [0.15, 0.2) is 0 Å². The number of hydrogen-bond donors (Lipinski definition) is 0. The fourth-order valence-corrected chi connectivity index (χ4v) is 4.00. The molecule has 7 heteroatoms. The zero-order valence-corrected chi connectivity index (χ0v) is 15.4. The van der Waals surface area contributed by atoms with E-state index >= 15 is 0 Å². The number of carbonyl (C=O) groups is 2. The van der Waals surface area contributed by atoms with Crippen molar-refractivity contribution in [3.63, 3.8) is 0 Å². The van der Waals surface area contributed by atoms with Gasteiger partial charge in [-0.15, -0.1) is 0 Å². The van der Waals surface area contributed by atoms with Crippen molar-refractivity contribution in [2.75, 3.05) is 13.1 Å². The van der Waals surface area contributed by atoms with Gasteiger partial charge in [-0.25, -0.2) is 0 Å². The summed E-state index contributed by atoms with van der Waals surface area (Å²) in [4.78, 5) is 40.2. The van der Waals surface area contributed by atoms with Crippen LogP contribution in [0.1, 0.15) is 34.3 Å². The number of carbonyl (C=O) groups excluding carboxylic acids is 2. The van der Waals surface area contributed by atoms with E-state index in [0.717, 1.165) is 37.1 Å². The molecular weight excluding hydrogens is 358 g/mol. The van der Waals surface area contributed by atoms with Gasteiger partial charge in [0.25, 0.3) is 11.6 Å². The molecule has 7 nitrogen and oxygen atoms in total. The maximum absolute atomic E-state index is 13.2. The van der Waals surface area contributed by atoms with Gasteiger partial charge >= 0.3 is 0 Å². The van der Waals surface area contributed by atoms with E-state index in [2.05, 4.69) is 0 Å². The van der Waals surface area contributed by atoms with E-state index < -0.39 is 11.0 Å². The summed E-state index contributed by atoms with van der Waals surface area (Å²) in [6, 6.07) is 12.9. The second-order valence-electron chi connectivity index (χ2n) is 7.26. The molecule has 0 aliphatic carbocycles. The number of nitro benzene ring substituents is 1. The molecule has 0 unspecified atom stereocenters. The average Bonchev–Trinajstić information content (AvgIpc) is 3.26. The largest absolute Gasteiger partial charge is 0.341 e. The van der Waals surface area contributed by atoms with E-state index in [4.69, 9.17) is 0 Å². The van der Waals surface area contributed by atoms with E-state index in [1.165, 1.54) is 24.3 Å². The molecule has 0 radical (unpaired) electrons. The molecule has 2 aliphatic heterocycles. The van der Waals surface area contributed by atoms with Gasteiger partial charge in [-0.05, 0) is 36.1 Å². The molecule has 1 atom stereocenters. The van der Waals surface area contributed by atoms with Gasteiger partial charge < -0.3 is 9.80 Å². The Bertz CT molecular complexity index is 920. The molecule has 0 spiro atoms. The number of likely N-dealkylation sites (tertiary alicyclic amines) is 1. The van der Waals surface area contributed by atoms with Crippen LogP contribution in [0.4, 0.5) is 5.69 Å². The number of nitro groups is 1. The maximum atomic E-state index is 13.2. The Hall–Kier alpha value is -3.22. The van der Waals surface area contributed by atoms with Gasteiger partial charge in [0.2, 0.25) is 5.91 Å². The number of nitrogens with zero attached hydrogens (tertiary/aromatic N) is 3. The standard InChI is InChI=1S/C21H21N3O4/c25-20(15-7-9-18(10-8-15)24(27)28)23-14-17-6-2-1-5-16(17)13-19(23)21(26)22-11-3-4-12-22/h1-2,5-10,19H,3-4,11-14H2/t19-/m1/s1. The predicted octanol–water partition coefficient (Wildman–Crippen LogP) is 2.78. The number of benzene rings is 2. The Balaban J connectivity index is 1.65. The molecular formula is C21H21N3O4. The fourth-order valence-electron chi connectivity index (χ4n) is 4.00. The van der Waals surface area contributed by atoms with Gasteiger partial charge in [0.1, 0.15) is 6.04 Å². The first-order valence-corrected chi connectivity index (χ1v) is 9.45. The van der Waals surface area contributed by atoms with Gasteiger partial charge in [0, 0.05) is 43.8 Å². The molecule has 2 amide bonds. The van der Waals surface area contributed by atoms with Crippen LogP contribution in [0.5, 0.6) is 0 Å². The molecule has 0 aromatic heterocycles. The predicted molar refractivity (Wildman–Crippen MR) is 103 cm³/mol. The molecule has 0 bridgehead atoms. The molecule has 4 rings (SSSR count). The molecule has 0 saturated carbocycles. The average molecular weight is 379 g/mol. The summed E-state index contributed by atoms with van der Waals surface area (Å²) in [5, 5.41) is 10.9. The quantitative estimate of drug-likeness (QED) is 0.606. The van der Waals surface area contributed by atoms with Crippen LogP contribution >= 0.6 is 0 Å². The van der Waals surface area contributed by atoms with E-state index in [0.29, 0.717) is 18.5 Å². The maximum Gasteiger partial charge on any atom is 0.269 e. The van der Waals surface area contributed by atoms with Crippen LogP contribution in [0.15, 0.2) is 48.5 Å². The highest BCUT2D eigenvalue weighted by atomic mass is 16.6. The van der Waals surface area contributed by atoms with Gasteiger partial charge in [-0.1, -0.05) is 24.3 Å². The third-order valence-corrected chi connectivity index (χ3v) is 5.54. The smallest absolute Gasteiger partial charge is 0.269 e. The third-order valence-electron chi connectivity index (χ3n) is 5.54. The Kier molecular flexibility index (Phi) is 4.81. The van der Waals surface area contributed by atoms with Crippen LogP contribution in [-0.4, -0.2) is 45.7 Å². The number of amides is 2. The lowest BCUT2D eigenvalue weighted by molar-refractivity contribution is -0.384. The van der Waals surface area contributed by atoms with E-state index in [9.17, 15) is 19.7 Å². The Labute approximate surface area is 162 Å². The topological polar surface area (TPSA) is 83.8 Å². The SMILES string of the molecule is O=C([C@H]1Cc2ccccc2CN1C(=O)c1ccc([N+](=O)[O-])cc1)N1CCCC1. The lowest BCUT2D eigenvalue weighted by Gasteiger charge is -2.38. The molecule has 0 N–H and O–H groups in total. The Morgan fingerprint density at radius 2 is 1.61 bits per heavy atom. The van der Waals surface area contributed by atoms with Crippen molar-refractivity contribution in [3.05, 3.63) is 75.3 Å². The first-order chi connectivity index (χ1) is 13.5. The van der Waals surface area contributed by atoms with Gasteiger partial charge in [-0.2, -0.15) is 0 Å². The minimum Gasteiger partial charge on any atom is -0.341 e. The lowest BCUT2D eigenvalue weighted by atomic mass is 9.92. The summed E-state index contributed by atoms with van der Waals surface area (Å²) in [7, 11) is 0. The molecule has 1 saturated heterocycles. The normalized spacial score (nSPS) is 18.6. The van der Waals surface area contributed by atoms with Gasteiger partial charge in [-0.3, -0.25) is 19.7 Å². The van der Waals surface area contributed by atoms with Crippen molar-refractivity contribution in [3.8, 4) is 0 Å². The number of hydrogen-bond acceptors (Lipinski definition) is 4. The number of fused-ring (bicyclic) bond motifs is 1. The molecule has 28 heavy (non-hydrogen) atoms. The molecule has 2 heterocycles. The van der Waals surface area contributed by atoms with Crippen LogP contribution < -0.4 is 0 Å². The summed E-state index contributed by atoms with van der Waals surface area (Å²) in [6.07, 6.45) is 2.47. The summed E-state index contributed by atoms with van der Waals surface area (Å²) >= 11 is 0. The van der Waals surface area contributed by atoms with Crippen molar-refractivity contribution < 1.29 is 14.5 Å². The Morgan fingerprint density at radius 1 is 0.964 bits per heavy atom. The summed E-state index contributed by atoms with van der Waals surface area (Å²) in [6.45, 7) is 1.82. The van der Waals surface area contributed by atoms with Crippen LogP contribution in [0.2, 0.25) is 0 Å². The summed E-state index contributed by atoms with van der Waals surface area (Å²) in [5.74, 6) is -0.288. The first-order valence-electron chi connectivity index (χ1n) is 9.45. The zero-order chi connectivity index (χ0) is 19.7. The third kappa shape index (κ3) is 3.35. The summed E-state index contributed by atoms with van der Waals surface area (Å²) < 4.78 is 0. The molecule has 2 aromatic rings. The first kappa shape index (κ1) is 18.2. The number of rotatable bonds is 3. The van der Waals surface area contributed by atoms with Crippen LogP contribution in [0.25, 0.3) is 0 Å². The Morgan fingerprint density at radius 3 is 2.25 bits per heavy atom. The van der Waals surface area contributed by atoms with Crippen molar-refractivity contribution in [2.24, 2.45) is 0 Å². The lowest BCUT2D eigenvalue weighted by Crippen LogP contribution is -2.53. The second-order valence-corrected chi connectivity index (χ2v) is 7.26. The highest BCUT2D eigenvalue weighted by Gasteiger charge is 2.37. The highest BCUT2D eigenvalue weighted by molar-refractivity contribution is 5.98. The van der Waals surface area contributed by atoms with Crippen molar-refractivity contribution in [2.45, 2.75) is 31.8 Å². The number of non-ortho nitro benzene ring substituents is 1. The monoisotopic (exact) mass is 379 g/mol. The van der Waals surface area contributed by atoms with Crippen molar-refractivity contribution in [1.29, 1.82) is 0 Å². The summed E-state index contributed by atoms with van der Waals surface area (Å²) in [5.41, 5.74) is 2.41. The molecule has 2 aromatic carbocycles. The minimum absolute atomic E-state index is 0.0118. The minimum atomic E-state index is -0.546. The van der Waals surface area contributed by atoms with E-state index in [-0.39, 0.29) is 17.5 Å². The van der Waals surface area contributed by atoms with Crippen molar-refractivity contribution >= 4 is 17.5 Å². The van der Waals surface area contributed by atoms with Crippen LogP contribution in [-0.2, 0) is 17.8 Å². The zero-order valence-electron chi connectivity index (χ0n) is 15.4. The van der Waals surface area contributed by atoms with E-state index in [1.54, 1.807) is 4.90 Å². The van der Waals surface area contributed by atoms with E-state index in [1.807, 2.05) is 29.2 Å². The van der Waals surface area contributed by atoms with Crippen LogP contribution in [0.3, 0.4) is 0 Å². The van der Waals surface area contributed by atoms with Crippen LogP contribution in [0, 0.1) is 10.1 Å². The van der Waals surface area contributed by atoms with Gasteiger partial charge in [0.05, 0.1) is 4.92 Å². The highest BCUT2D eigenvalue weighted by Crippen LogP contribution is 2.27.